The van der Waals surface area contributed by atoms with Gasteiger partial charge in [0.1, 0.15) is 5.15 Å². The van der Waals surface area contributed by atoms with Gasteiger partial charge < -0.3 is 4.74 Å². The number of hydrogen-bond acceptors (Lipinski definition) is 4. The van der Waals surface area contributed by atoms with E-state index in [1.54, 1.807) is 6.92 Å². The number of hydrogen-bond donors (Lipinski definition) is 0. The van der Waals surface area contributed by atoms with Crippen molar-refractivity contribution in [2.45, 2.75) is 13.3 Å². The van der Waals surface area contributed by atoms with Gasteiger partial charge in [0.15, 0.2) is 0 Å². The summed E-state index contributed by atoms with van der Waals surface area (Å²) in [7, 11) is 0. The summed E-state index contributed by atoms with van der Waals surface area (Å²) in [6.07, 6.45) is 0.0514. The molecule has 0 atom stereocenters. The van der Waals surface area contributed by atoms with Gasteiger partial charge in [-0.2, -0.15) is 0 Å². The average molecular weight is 235 g/mol. The molecule has 0 aliphatic carbocycles. The first-order valence-electron chi connectivity index (χ1n) is 3.96. The Balaban J connectivity index is 2.71. The number of carbonyl (C=O) groups is 1. The van der Waals surface area contributed by atoms with Crippen LogP contribution >= 0.6 is 23.2 Å². The molecule has 0 N–H and O–H groups in total. The molecule has 4 nitrogen and oxygen atoms in total. The summed E-state index contributed by atoms with van der Waals surface area (Å²) in [4.78, 5) is 18.5. The summed E-state index contributed by atoms with van der Waals surface area (Å²) < 4.78 is 4.74. The Labute approximate surface area is 91.2 Å². The summed E-state index contributed by atoms with van der Waals surface area (Å²) in [6, 6.07) is 1.48. The molecule has 1 heterocycles. The summed E-state index contributed by atoms with van der Waals surface area (Å²) in [5.74, 6) is -0.363. The number of halogens is 2. The van der Waals surface area contributed by atoms with Crippen LogP contribution in [0.4, 0.5) is 0 Å². The van der Waals surface area contributed by atoms with E-state index in [2.05, 4.69) is 9.97 Å². The van der Waals surface area contributed by atoms with Crippen molar-refractivity contribution in [2.75, 3.05) is 6.61 Å². The second-order valence-corrected chi connectivity index (χ2v) is 3.16. The molecule has 0 aliphatic rings. The topological polar surface area (TPSA) is 52.1 Å². The van der Waals surface area contributed by atoms with Crippen LogP contribution in [0.3, 0.4) is 0 Å². The van der Waals surface area contributed by atoms with Crippen LogP contribution in [-0.2, 0) is 16.0 Å². The van der Waals surface area contributed by atoms with Crippen LogP contribution < -0.4 is 0 Å². The molecule has 0 unspecified atom stereocenters. The highest BCUT2D eigenvalue weighted by Crippen LogP contribution is 2.11. The lowest BCUT2D eigenvalue weighted by Gasteiger charge is -2.01. The van der Waals surface area contributed by atoms with Crippen molar-refractivity contribution in [3.05, 3.63) is 22.2 Å². The molecule has 0 radical (unpaired) electrons. The molecule has 0 aliphatic heterocycles. The van der Waals surface area contributed by atoms with Gasteiger partial charge in [0.05, 0.1) is 18.7 Å². The van der Waals surface area contributed by atoms with Crippen LogP contribution in [0.25, 0.3) is 0 Å². The molecular weight excluding hydrogens is 227 g/mol. The number of ether oxygens (including phenoxy) is 1. The van der Waals surface area contributed by atoms with Crippen LogP contribution in [0.1, 0.15) is 12.6 Å². The molecule has 0 amide bonds. The van der Waals surface area contributed by atoms with E-state index < -0.39 is 0 Å². The largest absolute Gasteiger partial charge is 0.466 e. The van der Waals surface area contributed by atoms with Crippen LogP contribution in [0.15, 0.2) is 6.07 Å². The van der Waals surface area contributed by atoms with Gasteiger partial charge in [0.25, 0.3) is 0 Å². The van der Waals surface area contributed by atoms with E-state index in [4.69, 9.17) is 27.9 Å². The molecule has 0 aromatic carbocycles. The number of nitrogens with zero attached hydrogens (tertiary/aromatic N) is 2. The first-order chi connectivity index (χ1) is 6.61. The molecule has 14 heavy (non-hydrogen) atoms. The third-order valence-corrected chi connectivity index (χ3v) is 1.71. The van der Waals surface area contributed by atoms with Gasteiger partial charge in [-0.05, 0) is 24.6 Å². The van der Waals surface area contributed by atoms with Crippen molar-refractivity contribution < 1.29 is 9.53 Å². The Bertz CT molecular complexity index is 324. The van der Waals surface area contributed by atoms with Crippen LogP contribution in [0, 0.1) is 0 Å². The van der Waals surface area contributed by atoms with E-state index in [-0.39, 0.29) is 22.8 Å². The molecule has 76 valence electrons. The van der Waals surface area contributed by atoms with Gasteiger partial charge in [-0.25, -0.2) is 9.97 Å². The van der Waals surface area contributed by atoms with Crippen LogP contribution in [-0.4, -0.2) is 22.5 Å². The predicted molar refractivity (Wildman–Crippen MR) is 52.4 cm³/mol. The lowest BCUT2D eigenvalue weighted by molar-refractivity contribution is -0.142. The molecule has 6 heteroatoms. The number of carbonyl (C=O) groups excluding carboxylic acids is 1. The van der Waals surface area contributed by atoms with Gasteiger partial charge in [-0.15, -0.1) is 0 Å². The standard InChI is InChI=1S/C8H8Cl2N2O2/c1-2-14-7(13)4-5-3-6(9)12-8(10)11-5/h3H,2,4H2,1H3. The maximum atomic E-state index is 11.1. The summed E-state index contributed by atoms with van der Waals surface area (Å²) in [5.41, 5.74) is 0.452. The van der Waals surface area contributed by atoms with Crippen molar-refractivity contribution in [3.8, 4) is 0 Å². The van der Waals surface area contributed by atoms with E-state index in [0.717, 1.165) is 0 Å². The normalized spacial score (nSPS) is 9.93. The van der Waals surface area contributed by atoms with E-state index >= 15 is 0 Å². The molecule has 0 spiro atoms. The molecule has 1 aromatic rings. The lowest BCUT2D eigenvalue weighted by Crippen LogP contribution is -2.09. The minimum atomic E-state index is -0.363. The minimum Gasteiger partial charge on any atom is -0.466 e. The molecule has 0 saturated heterocycles. The molecule has 1 aromatic heterocycles. The van der Waals surface area contributed by atoms with E-state index in [0.29, 0.717) is 12.3 Å². The van der Waals surface area contributed by atoms with Crippen molar-refractivity contribution >= 4 is 29.2 Å². The Morgan fingerprint density at radius 1 is 1.50 bits per heavy atom. The predicted octanol–water partition coefficient (Wildman–Crippen LogP) is 1.89. The summed E-state index contributed by atoms with van der Waals surface area (Å²) in [5, 5.41) is 0.237. The smallest absolute Gasteiger partial charge is 0.311 e. The van der Waals surface area contributed by atoms with Crippen molar-refractivity contribution in [2.24, 2.45) is 0 Å². The summed E-state index contributed by atoms with van der Waals surface area (Å²) in [6.45, 7) is 2.07. The van der Waals surface area contributed by atoms with Crippen molar-refractivity contribution in [1.29, 1.82) is 0 Å². The Morgan fingerprint density at radius 2 is 2.21 bits per heavy atom. The molecule has 0 saturated carbocycles. The molecule has 0 bridgehead atoms. The Kier molecular flexibility index (Phi) is 4.10. The SMILES string of the molecule is CCOC(=O)Cc1cc(Cl)nc(Cl)n1. The first kappa shape index (κ1) is 11.2. The van der Waals surface area contributed by atoms with Gasteiger partial charge in [-0.3, -0.25) is 4.79 Å². The van der Waals surface area contributed by atoms with Gasteiger partial charge in [0, 0.05) is 0 Å². The molecule has 0 fully saturated rings. The van der Waals surface area contributed by atoms with Gasteiger partial charge >= 0.3 is 5.97 Å². The fourth-order valence-electron chi connectivity index (χ4n) is 0.884. The lowest BCUT2D eigenvalue weighted by atomic mass is 10.3. The molecule has 1 rings (SSSR count). The van der Waals surface area contributed by atoms with Gasteiger partial charge in [-0.1, -0.05) is 11.6 Å². The fourth-order valence-corrected chi connectivity index (χ4v) is 1.33. The van der Waals surface area contributed by atoms with Gasteiger partial charge in [0.2, 0.25) is 5.28 Å². The number of aromatic nitrogens is 2. The molecular formula is C8H8Cl2N2O2. The second kappa shape index (κ2) is 5.12. The first-order valence-corrected chi connectivity index (χ1v) is 4.72. The second-order valence-electron chi connectivity index (χ2n) is 2.43. The third-order valence-electron chi connectivity index (χ3n) is 1.35. The van der Waals surface area contributed by atoms with Crippen molar-refractivity contribution in [1.82, 2.24) is 9.97 Å². The zero-order valence-corrected chi connectivity index (χ0v) is 8.97. The third kappa shape index (κ3) is 3.47. The van der Waals surface area contributed by atoms with E-state index in [1.165, 1.54) is 6.07 Å². The number of esters is 1. The zero-order chi connectivity index (χ0) is 10.6. The quantitative estimate of drug-likeness (QED) is 0.456. The minimum absolute atomic E-state index is 0.0248. The van der Waals surface area contributed by atoms with Crippen LogP contribution in [0.2, 0.25) is 10.4 Å². The zero-order valence-electron chi connectivity index (χ0n) is 7.46. The Hall–Kier alpha value is -0.870. The highest BCUT2D eigenvalue weighted by atomic mass is 35.5. The highest BCUT2D eigenvalue weighted by Gasteiger charge is 2.07. The Morgan fingerprint density at radius 3 is 2.79 bits per heavy atom. The van der Waals surface area contributed by atoms with Crippen LogP contribution in [0.5, 0.6) is 0 Å². The monoisotopic (exact) mass is 234 g/mol. The average Bonchev–Trinajstić information content (AvgIpc) is 2.01. The maximum absolute atomic E-state index is 11.1. The number of rotatable bonds is 3. The fraction of sp³-hybridized carbons (Fsp3) is 0.375. The maximum Gasteiger partial charge on any atom is 0.311 e. The van der Waals surface area contributed by atoms with E-state index in [1.807, 2.05) is 0 Å². The highest BCUT2D eigenvalue weighted by molar-refractivity contribution is 6.31. The van der Waals surface area contributed by atoms with Crippen molar-refractivity contribution in [3.63, 3.8) is 0 Å². The summed E-state index contributed by atoms with van der Waals surface area (Å²) >= 11 is 11.2. The van der Waals surface area contributed by atoms with E-state index in [9.17, 15) is 4.79 Å².